The first-order valence-corrected chi connectivity index (χ1v) is 9.68. The first kappa shape index (κ1) is 20.8. The van der Waals surface area contributed by atoms with Gasteiger partial charge in [0.15, 0.2) is 11.5 Å². The fraction of sp³-hybridized carbons (Fsp3) is 0.435. The lowest BCUT2D eigenvalue weighted by Crippen LogP contribution is -2.44. The van der Waals surface area contributed by atoms with Gasteiger partial charge in [-0.2, -0.15) is 0 Å². The van der Waals surface area contributed by atoms with Crippen molar-refractivity contribution in [2.75, 3.05) is 26.6 Å². The standard InChI is InChI=1S/C23H31N3O3/c1-22(2,3)23(4,5)25-21-19(24-18-11-9-10-12-26(18)21)15-13-16(27-6)20(29-8)17(14-15)28-7/h9-14,25H,1-8H3. The Bertz CT molecular complexity index is 991. The van der Waals surface area contributed by atoms with Crippen molar-refractivity contribution in [3.63, 3.8) is 0 Å². The van der Waals surface area contributed by atoms with Gasteiger partial charge in [-0.1, -0.05) is 26.8 Å². The predicted molar refractivity (Wildman–Crippen MR) is 117 cm³/mol. The van der Waals surface area contributed by atoms with Crippen LogP contribution in [0.2, 0.25) is 0 Å². The lowest BCUT2D eigenvalue weighted by atomic mass is 9.76. The molecule has 0 amide bonds. The van der Waals surface area contributed by atoms with E-state index in [0.29, 0.717) is 17.2 Å². The van der Waals surface area contributed by atoms with Crippen molar-refractivity contribution in [3.05, 3.63) is 36.5 Å². The van der Waals surface area contributed by atoms with E-state index in [2.05, 4.69) is 44.3 Å². The van der Waals surface area contributed by atoms with Crippen LogP contribution in [-0.2, 0) is 0 Å². The van der Waals surface area contributed by atoms with Crippen LogP contribution in [0.5, 0.6) is 17.2 Å². The molecule has 29 heavy (non-hydrogen) atoms. The summed E-state index contributed by atoms with van der Waals surface area (Å²) in [5, 5.41) is 3.74. The van der Waals surface area contributed by atoms with E-state index in [1.807, 2.05) is 36.5 Å². The minimum Gasteiger partial charge on any atom is -0.493 e. The molecule has 0 aliphatic carbocycles. The molecule has 0 radical (unpaired) electrons. The monoisotopic (exact) mass is 397 g/mol. The number of methoxy groups -OCH3 is 3. The van der Waals surface area contributed by atoms with E-state index in [-0.39, 0.29) is 11.0 Å². The van der Waals surface area contributed by atoms with Crippen molar-refractivity contribution < 1.29 is 14.2 Å². The molecule has 6 nitrogen and oxygen atoms in total. The van der Waals surface area contributed by atoms with E-state index in [4.69, 9.17) is 19.2 Å². The van der Waals surface area contributed by atoms with E-state index >= 15 is 0 Å². The van der Waals surface area contributed by atoms with Crippen LogP contribution >= 0.6 is 0 Å². The Morgan fingerprint density at radius 3 is 2.03 bits per heavy atom. The third-order valence-electron chi connectivity index (χ3n) is 5.77. The molecule has 1 N–H and O–H groups in total. The minimum absolute atomic E-state index is 0.0263. The SMILES string of the molecule is COc1cc(-c2nc3ccccn3c2NC(C)(C)C(C)(C)C)cc(OC)c1OC. The summed E-state index contributed by atoms with van der Waals surface area (Å²) in [6.45, 7) is 11.1. The first-order valence-electron chi connectivity index (χ1n) is 9.68. The molecule has 2 heterocycles. The second-order valence-electron chi connectivity index (χ2n) is 8.65. The number of nitrogens with one attached hydrogen (secondary N) is 1. The second kappa shape index (κ2) is 7.50. The van der Waals surface area contributed by atoms with E-state index in [1.165, 1.54) is 0 Å². The summed E-state index contributed by atoms with van der Waals surface area (Å²) in [6.07, 6.45) is 2.02. The molecule has 0 aliphatic rings. The van der Waals surface area contributed by atoms with Gasteiger partial charge in [-0.25, -0.2) is 4.98 Å². The molecule has 0 bridgehead atoms. The number of benzene rings is 1. The van der Waals surface area contributed by atoms with Crippen LogP contribution in [0.25, 0.3) is 16.9 Å². The van der Waals surface area contributed by atoms with Crippen LogP contribution in [0, 0.1) is 5.41 Å². The summed E-state index contributed by atoms with van der Waals surface area (Å²) < 4.78 is 18.6. The minimum atomic E-state index is -0.186. The summed E-state index contributed by atoms with van der Waals surface area (Å²) in [4.78, 5) is 4.90. The van der Waals surface area contributed by atoms with Crippen LogP contribution in [0.4, 0.5) is 5.82 Å². The largest absolute Gasteiger partial charge is 0.493 e. The molecule has 3 aromatic rings. The second-order valence-corrected chi connectivity index (χ2v) is 8.65. The quantitative estimate of drug-likeness (QED) is 0.614. The number of imidazole rings is 1. The van der Waals surface area contributed by atoms with Crippen LogP contribution < -0.4 is 19.5 Å². The average molecular weight is 398 g/mol. The van der Waals surface area contributed by atoms with Gasteiger partial charge in [-0.15, -0.1) is 0 Å². The first-order chi connectivity index (χ1) is 13.6. The summed E-state index contributed by atoms with van der Waals surface area (Å²) in [5.74, 6) is 2.68. The maximum atomic E-state index is 5.55. The van der Waals surface area contributed by atoms with E-state index in [0.717, 1.165) is 22.7 Å². The molecule has 156 valence electrons. The van der Waals surface area contributed by atoms with Crippen LogP contribution in [-0.4, -0.2) is 36.3 Å². The predicted octanol–water partition coefficient (Wildman–Crippen LogP) is 5.26. The highest BCUT2D eigenvalue weighted by molar-refractivity contribution is 5.80. The van der Waals surface area contributed by atoms with E-state index in [1.54, 1.807) is 21.3 Å². The van der Waals surface area contributed by atoms with Crippen molar-refractivity contribution in [3.8, 4) is 28.5 Å². The van der Waals surface area contributed by atoms with E-state index in [9.17, 15) is 0 Å². The lowest BCUT2D eigenvalue weighted by Gasteiger charge is -2.40. The Balaban J connectivity index is 2.26. The van der Waals surface area contributed by atoms with Gasteiger partial charge in [0.05, 0.1) is 21.3 Å². The van der Waals surface area contributed by atoms with Crippen molar-refractivity contribution in [2.45, 2.75) is 40.2 Å². The Hall–Kier alpha value is -2.89. The zero-order valence-corrected chi connectivity index (χ0v) is 18.6. The van der Waals surface area contributed by atoms with Crippen LogP contribution in [0.1, 0.15) is 34.6 Å². The van der Waals surface area contributed by atoms with Gasteiger partial charge in [0.25, 0.3) is 0 Å². The molecule has 1 aromatic carbocycles. The number of rotatable bonds is 6. The molecule has 0 saturated heterocycles. The topological polar surface area (TPSA) is 57.0 Å². The molecule has 2 aromatic heterocycles. The fourth-order valence-electron chi connectivity index (χ4n) is 3.02. The number of hydrogen-bond acceptors (Lipinski definition) is 5. The maximum Gasteiger partial charge on any atom is 0.203 e. The number of fused-ring (bicyclic) bond motifs is 1. The van der Waals surface area contributed by atoms with Gasteiger partial charge in [-0.3, -0.25) is 4.40 Å². The molecule has 6 heteroatoms. The molecule has 0 atom stereocenters. The molecular weight excluding hydrogens is 366 g/mol. The Labute approximate surface area is 172 Å². The number of hydrogen-bond donors (Lipinski definition) is 1. The lowest BCUT2D eigenvalue weighted by molar-refractivity contribution is 0.253. The summed E-state index contributed by atoms with van der Waals surface area (Å²) in [7, 11) is 4.84. The third-order valence-corrected chi connectivity index (χ3v) is 5.77. The molecule has 0 unspecified atom stereocenters. The molecule has 0 spiro atoms. The van der Waals surface area contributed by atoms with Gasteiger partial charge in [0, 0.05) is 17.3 Å². The number of nitrogens with zero attached hydrogens (tertiary/aromatic N) is 2. The van der Waals surface area contributed by atoms with Gasteiger partial charge in [0.2, 0.25) is 5.75 Å². The number of ether oxygens (including phenoxy) is 3. The fourth-order valence-corrected chi connectivity index (χ4v) is 3.02. The van der Waals surface area contributed by atoms with Gasteiger partial charge < -0.3 is 19.5 Å². The normalized spacial score (nSPS) is 12.1. The number of aromatic nitrogens is 2. The summed E-state index contributed by atoms with van der Waals surface area (Å²) in [6, 6.07) is 9.84. The molecular formula is C23H31N3O3. The molecule has 3 rings (SSSR count). The van der Waals surface area contributed by atoms with Crippen molar-refractivity contribution >= 4 is 11.5 Å². The van der Waals surface area contributed by atoms with Crippen LogP contribution in [0.15, 0.2) is 36.5 Å². The zero-order valence-electron chi connectivity index (χ0n) is 18.6. The van der Waals surface area contributed by atoms with Crippen LogP contribution in [0.3, 0.4) is 0 Å². The summed E-state index contributed by atoms with van der Waals surface area (Å²) >= 11 is 0. The van der Waals surface area contributed by atoms with Crippen molar-refractivity contribution in [2.24, 2.45) is 5.41 Å². The van der Waals surface area contributed by atoms with Gasteiger partial charge in [0.1, 0.15) is 17.2 Å². The number of pyridine rings is 1. The Morgan fingerprint density at radius 2 is 1.52 bits per heavy atom. The third kappa shape index (κ3) is 3.71. The highest BCUT2D eigenvalue weighted by atomic mass is 16.5. The number of anilines is 1. The average Bonchev–Trinajstić information content (AvgIpc) is 3.03. The molecule has 0 saturated carbocycles. The smallest absolute Gasteiger partial charge is 0.203 e. The Morgan fingerprint density at radius 1 is 0.897 bits per heavy atom. The van der Waals surface area contributed by atoms with Crippen molar-refractivity contribution in [1.29, 1.82) is 0 Å². The molecule has 0 fully saturated rings. The summed E-state index contributed by atoms with van der Waals surface area (Å²) in [5.41, 5.74) is 2.42. The van der Waals surface area contributed by atoms with Gasteiger partial charge >= 0.3 is 0 Å². The van der Waals surface area contributed by atoms with E-state index < -0.39 is 0 Å². The van der Waals surface area contributed by atoms with Crippen molar-refractivity contribution in [1.82, 2.24) is 9.38 Å². The highest BCUT2D eigenvalue weighted by Crippen LogP contribution is 2.43. The zero-order chi connectivity index (χ0) is 21.4. The maximum absolute atomic E-state index is 5.55. The molecule has 0 aliphatic heterocycles. The van der Waals surface area contributed by atoms with Gasteiger partial charge in [-0.05, 0) is 43.5 Å². The Kier molecular flexibility index (Phi) is 5.39. The highest BCUT2D eigenvalue weighted by Gasteiger charge is 2.34.